The van der Waals surface area contributed by atoms with E-state index in [-0.39, 0.29) is 17.7 Å². The van der Waals surface area contributed by atoms with Gasteiger partial charge in [0.2, 0.25) is 0 Å². The Kier molecular flexibility index (Phi) is 9.33. The highest BCUT2D eigenvalue weighted by Gasteiger charge is 2.43. The summed E-state index contributed by atoms with van der Waals surface area (Å²) >= 11 is 1.72. The molecule has 2 aliphatic heterocycles. The standard InChI is InChI=1S/C30H43FN4O2S/c1-2-14-35(30-32-13-17-38-30)26-11-15-33(16-12-26)19-24-20-34(21-27(24)23-9-6-10-25(31)18-23)28(29(36)37)22-7-4-3-5-8-22/h6,9-10,13,17-18,22,24,26-28H,2-5,7-8,11-12,14-16,19-21H2,1H3,(H,36,37). The molecule has 1 N–H and O–H groups in total. The van der Waals surface area contributed by atoms with Crippen molar-refractivity contribution in [3.8, 4) is 0 Å². The Balaban J connectivity index is 1.28. The number of thiazole rings is 1. The fraction of sp³-hybridized carbons (Fsp3) is 0.667. The minimum absolute atomic E-state index is 0.153. The van der Waals surface area contributed by atoms with Crippen LogP contribution >= 0.6 is 11.3 Å². The highest BCUT2D eigenvalue weighted by molar-refractivity contribution is 7.13. The number of hydrogen-bond donors (Lipinski definition) is 1. The van der Waals surface area contributed by atoms with Crippen molar-refractivity contribution in [2.24, 2.45) is 11.8 Å². The van der Waals surface area contributed by atoms with E-state index in [1.54, 1.807) is 23.5 Å². The number of carbonyl (C=O) groups is 1. The number of benzene rings is 1. The van der Waals surface area contributed by atoms with E-state index in [0.29, 0.717) is 18.5 Å². The molecule has 3 heterocycles. The molecular formula is C30H43FN4O2S. The zero-order valence-electron chi connectivity index (χ0n) is 22.7. The summed E-state index contributed by atoms with van der Waals surface area (Å²) in [5, 5.41) is 13.5. The van der Waals surface area contributed by atoms with E-state index in [4.69, 9.17) is 0 Å². The molecule has 8 heteroatoms. The second-order valence-electron chi connectivity index (χ2n) is 11.6. The fourth-order valence-electron chi connectivity index (χ4n) is 7.32. The Hall–Kier alpha value is -2.03. The maximum Gasteiger partial charge on any atom is 0.321 e. The molecule has 3 unspecified atom stereocenters. The number of piperidine rings is 1. The van der Waals surface area contributed by atoms with E-state index < -0.39 is 12.0 Å². The van der Waals surface area contributed by atoms with Gasteiger partial charge >= 0.3 is 5.97 Å². The van der Waals surface area contributed by atoms with E-state index in [0.717, 1.165) is 88.4 Å². The van der Waals surface area contributed by atoms with Crippen LogP contribution in [0.4, 0.5) is 9.52 Å². The van der Waals surface area contributed by atoms with Crippen molar-refractivity contribution >= 4 is 22.4 Å². The van der Waals surface area contributed by atoms with Gasteiger partial charge < -0.3 is 14.9 Å². The van der Waals surface area contributed by atoms with Gasteiger partial charge in [-0.2, -0.15) is 0 Å². The lowest BCUT2D eigenvalue weighted by atomic mass is 9.83. The second-order valence-corrected chi connectivity index (χ2v) is 12.5. The first-order chi connectivity index (χ1) is 18.5. The molecular weight excluding hydrogens is 499 g/mol. The van der Waals surface area contributed by atoms with Crippen LogP contribution < -0.4 is 4.90 Å². The topological polar surface area (TPSA) is 59.9 Å². The third kappa shape index (κ3) is 6.40. The molecule has 0 bridgehead atoms. The molecule has 38 heavy (non-hydrogen) atoms. The van der Waals surface area contributed by atoms with E-state index >= 15 is 0 Å². The van der Waals surface area contributed by atoms with Crippen molar-refractivity contribution in [3.05, 3.63) is 47.2 Å². The maximum absolute atomic E-state index is 14.3. The molecule has 1 aromatic carbocycles. The molecule has 0 spiro atoms. The van der Waals surface area contributed by atoms with Crippen LogP contribution in [0.5, 0.6) is 0 Å². The number of rotatable bonds is 10. The lowest BCUT2D eigenvalue weighted by molar-refractivity contribution is -0.145. The van der Waals surface area contributed by atoms with E-state index in [1.807, 2.05) is 12.3 Å². The molecule has 1 aromatic heterocycles. The van der Waals surface area contributed by atoms with Crippen LogP contribution in [0.25, 0.3) is 0 Å². The third-order valence-electron chi connectivity index (χ3n) is 9.11. The van der Waals surface area contributed by atoms with E-state index in [9.17, 15) is 14.3 Å². The Morgan fingerprint density at radius 1 is 1.18 bits per heavy atom. The SMILES string of the molecule is CCCN(c1nccs1)C1CCN(CC2CN(C(C(=O)O)C3CCCCC3)CC2c2cccc(F)c2)CC1. The molecule has 3 aliphatic rings. The molecule has 2 saturated heterocycles. The normalized spacial score (nSPS) is 25.0. The van der Waals surface area contributed by atoms with Gasteiger partial charge in [0, 0.05) is 62.8 Å². The summed E-state index contributed by atoms with van der Waals surface area (Å²) in [5.74, 6) is -0.222. The highest BCUT2D eigenvalue weighted by Crippen LogP contribution is 2.39. The Morgan fingerprint density at radius 3 is 2.63 bits per heavy atom. The zero-order valence-corrected chi connectivity index (χ0v) is 23.5. The number of carboxylic acid groups (broad SMARTS) is 1. The van der Waals surface area contributed by atoms with Gasteiger partial charge in [-0.25, -0.2) is 9.37 Å². The molecule has 208 valence electrons. The minimum atomic E-state index is -0.686. The fourth-order valence-corrected chi connectivity index (χ4v) is 8.06. The molecule has 3 fully saturated rings. The van der Waals surface area contributed by atoms with Crippen LogP contribution in [0.3, 0.4) is 0 Å². The van der Waals surface area contributed by atoms with Crippen molar-refractivity contribution in [2.75, 3.05) is 44.2 Å². The molecule has 1 aliphatic carbocycles. The maximum atomic E-state index is 14.3. The van der Waals surface area contributed by atoms with Gasteiger partial charge in [-0.15, -0.1) is 11.3 Å². The number of hydrogen-bond acceptors (Lipinski definition) is 6. The average molecular weight is 543 g/mol. The summed E-state index contributed by atoms with van der Waals surface area (Å²) in [4.78, 5) is 24.4. The van der Waals surface area contributed by atoms with Crippen LogP contribution in [-0.2, 0) is 4.79 Å². The first-order valence-electron chi connectivity index (χ1n) is 14.6. The summed E-state index contributed by atoms with van der Waals surface area (Å²) in [6.45, 7) is 7.75. The van der Waals surface area contributed by atoms with Crippen LogP contribution in [0.2, 0.25) is 0 Å². The van der Waals surface area contributed by atoms with Crippen LogP contribution in [0.1, 0.15) is 69.8 Å². The number of halogens is 1. The molecule has 5 rings (SSSR count). The van der Waals surface area contributed by atoms with Crippen molar-refractivity contribution in [1.29, 1.82) is 0 Å². The highest BCUT2D eigenvalue weighted by atomic mass is 32.1. The first kappa shape index (κ1) is 27.5. The smallest absolute Gasteiger partial charge is 0.321 e. The van der Waals surface area contributed by atoms with Crippen LogP contribution in [0.15, 0.2) is 35.8 Å². The molecule has 2 aromatic rings. The number of anilines is 1. The van der Waals surface area contributed by atoms with Crippen molar-refractivity contribution in [1.82, 2.24) is 14.8 Å². The largest absolute Gasteiger partial charge is 0.480 e. The lowest BCUT2D eigenvalue weighted by Crippen LogP contribution is -2.48. The molecule has 3 atom stereocenters. The second kappa shape index (κ2) is 12.9. The summed E-state index contributed by atoms with van der Waals surface area (Å²) < 4.78 is 14.3. The lowest BCUT2D eigenvalue weighted by Gasteiger charge is -2.39. The Morgan fingerprint density at radius 2 is 1.97 bits per heavy atom. The van der Waals surface area contributed by atoms with Crippen LogP contribution in [0, 0.1) is 17.7 Å². The third-order valence-corrected chi connectivity index (χ3v) is 9.92. The summed E-state index contributed by atoms with van der Waals surface area (Å²) in [5.41, 5.74) is 1.01. The quantitative estimate of drug-likeness (QED) is 0.415. The summed E-state index contributed by atoms with van der Waals surface area (Å²) in [6.07, 6.45) is 10.7. The van der Waals surface area contributed by atoms with E-state index in [1.165, 1.54) is 12.5 Å². The molecule has 0 radical (unpaired) electrons. The van der Waals surface area contributed by atoms with Crippen molar-refractivity contribution in [2.45, 2.75) is 76.3 Å². The molecule has 6 nitrogen and oxygen atoms in total. The monoisotopic (exact) mass is 542 g/mol. The predicted octanol–water partition coefficient (Wildman–Crippen LogP) is 5.71. The van der Waals surface area contributed by atoms with Gasteiger partial charge in [0.05, 0.1) is 0 Å². The predicted molar refractivity (Wildman–Crippen MR) is 151 cm³/mol. The first-order valence-corrected chi connectivity index (χ1v) is 15.5. The molecule has 0 amide bonds. The van der Waals surface area contributed by atoms with Gasteiger partial charge in [0.15, 0.2) is 5.13 Å². The van der Waals surface area contributed by atoms with Crippen molar-refractivity contribution in [3.63, 3.8) is 0 Å². The number of aromatic nitrogens is 1. The summed E-state index contributed by atoms with van der Waals surface area (Å²) in [6, 6.07) is 7.08. The summed E-state index contributed by atoms with van der Waals surface area (Å²) in [7, 11) is 0. The van der Waals surface area contributed by atoms with Gasteiger partial charge in [-0.05, 0) is 61.6 Å². The van der Waals surface area contributed by atoms with Crippen molar-refractivity contribution < 1.29 is 14.3 Å². The van der Waals surface area contributed by atoms with Gasteiger partial charge in [-0.1, -0.05) is 38.3 Å². The molecule has 1 saturated carbocycles. The van der Waals surface area contributed by atoms with Gasteiger partial charge in [0.1, 0.15) is 11.9 Å². The Labute approximate surface area is 230 Å². The number of carboxylic acids is 1. The number of aliphatic carboxylic acids is 1. The van der Waals surface area contributed by atoms with Crippen LogP contribution in [-0.4, -0.2) is 77.2 Å². The van der Waals surface area contributed by atoms with Gasteiger partial charge in [0.25, 0.3) is 0 Å². The minimum Gasteiger partial charge on any atom is -0.480 e. The average Bonchev–Trinajstić information content (AvgIpc) is 3.59. The van der Waals surface area contributed by atoms with E-state index in [2.05, 4.69) is 32.0 Å². The Bertz CT molecular complexity index is 1020. The number of likely N-dealkylation sites (tertiary alicyclic amines) is 2. The zero-order chi connectivity index (χ0) is 26.5. The number of nitrogens with zero attached hydrogens (tertiary/aromatic N) is 4. The van der Waals surface area contributed by atoms with Gasteiger partial charge in [-0.3, -0.25) is 9.69 Å².